The number of aryl methyl sites for hydroxylation is 2. The highest BCUT2D eigenvalue weighted by atomic mass is 19.1. The Bertz CT molecular complexity index is 1160. The van der Waals surface area contributed by atoms with E-state index in [0.717, 1.165) is 5.56 Å². The Morgan fingerprint density at radius 3 is 2.70 bits per heavy atom. The van der Waals surface area contributed by atoms with Crippen LogP contribution in [0.3, 0.4) is 0 Å². The number of rotatable bonds is 7. The minimum Gasteiger partial charge on any atom is -0.326 e. The molecule has 11 heteroatoms. The topological polar surface area (TPSA) is 116 Å². The highest BCUT2D eigenvalue weighted by Gasteiger charge is 2.12. The van der Waals surface area contributed by atoms with Gasteiger partial charge in [0.2, 0.25) is 11.7 Å². The van der Waals surface area contributed by atoms with Crippen LogP contribution < -0.4 is 5.32 Å². The van der Waals surface area contributed by atoms with Crippen molar-refractivity contribution < 1.29 is 9.18 Å². The van der Waals surface area contributed by atoms with Crippen LogP contribution in [0.4, 0.5) is 10.1 Å². The van der Waals surface area contributed by atoms with E-state index in [2.05, 4.69) is 36.3 Å². The van der Waals surface area contributed by atoms with Crippen LogP contribution in [0, 0.1) is 12.7 Å². The van der Waals surface area contributed by atoms with E-state index >= 15 is 0 Å². The van der Waals surface area contributed by atoms with Gasteiger partial charge in [-0.2, -0.15) is 9.48 Å². The maximum absolute atomic E-state index is 14.1. The van der Waals surface area contributed by atoms with Crippen LogP contribution in [-0.2, 0) is 11.3 Å². The molecular weight excluding hydrogens is 389 g/mol. The molecule has 0 saturated heterocycles. The Morgan fingerprint density at radius 2 is 1.93 bits per heavy atom. The molecule has 152 valence electrons. The van der Waals surface area contributed by atoms with E-state index in [-0.39, 0.29) is 18.0 Å². The molecule has 1 amide bonds. The van der Waals surface area contributed by atoms with Crippen molar-refractivity contribution in [3.05, 3.63) is 60.2 Å². The number of nitrogens with one attached hydrogen (secondary N) is 1. The summed E-state index contributed by atoms with van der Waals surface area (Å²) >= 11 is 0. The van der Waals surface area contributed by atoms with Crippen LogP contribution in [0.25, 0.3) is 17.1 Å². The lowest BCUT2D eigenvalue weighted by Gasteiger charge is -2.09. The third-order valence-electron chi connectivity index (χ3n) is 4.33. The number of aromatic nitrogens is 8. The molecule has 0 aliphatic heterocycles. The minimum absolute atomic E-state index is 0.163. The van der Waals surface area contributed by atoms with Crippen molar-refractivity contribution >= 4 is 11.6 Å². The predicted octanol–water partition coefficient (Wildman–Crippen LogP) is 2.18. The molecular formula is C19H18FN9O. The SMILES string of the molecule is Cc1nnnn1-c1cc(NC(=O)CCCn2nnc(-c3ccccc3)n2)ccc1F. The van der Waals surface area contributed by atoms with Crippen LogP contribution >= 0.6 is 0 Å². The zero-order chi connectivity index (χ0) is 20.9. The zero-order valence-corrected chi connectivity index (χ0v) is 16.1. The summed E-state index contributed by atoms with van der Waals surface area (Å²) in [4.78, 5) is 13.7. The Morgan fingerprint density at radius 1 is 1.10 bits per heavy atom. The van der Waals surface area contributed by atoms with Crippen LogP contribution in [0.5, 0.6) is 0 Å². The van der Waals surface area contributed by atoms with Crippen LogP contribution in [0.1, 0.15) is 18.7 Å². The molecule has 0 atom stereocenters. The van der Waals surface area contributed by atoms with Gasteiger partial charge in [-0.05, 0) is 47.2 Å². The van der Waals surface area contributed by atoms with Crippen molar-refractivity contribution in [1.82, 2.24) is 40.4 Å². The number of anilines is 1. The number of carbonyl (C=O) groups excluding carboxylic acids is 1. The average molecular weight is 407 g/mol. The number of hydrogen-bond donors (Lipinski definition) is 1. The fraction of sp³-hybridized carbons (Fsp3) is 0.211. The van der Waals surface area contributed by atoms with E-state index in [9.17, 15) is 9.18 Å². The van der Waals surface area contributed by atoms with Gasteiger partial charge in [-0.15, -0.1) is 15.3 Å². The molecule has 0 unspecified atom stereocenters. The van der Waals surface area contributed by atoms with Crippen molar-refractivity contribution in [3.8, 4) is 17.1 Å². The summed E-state index contributed by atoms with van der Waals surface area (Å²) in [7, 11) is 0. The van der Waals surface area contributed by atoms with Gasteiger partial charge in [-0.3, -0.25) is 4.79 Å². The van der Waals surface area contributed by atoms with Crippen molar-refractivity contribution in [1.29, 1.82) is 0 Å². The van der Waals surface area contributed by atoms with E-state index < -0.39 is 5.82 Å². The average Bonchev–Trinajstić information content (AvgIpc) is 3.39. The standard InChI is InChI=1S/C19H18FN9O/c1-13-22-25-27-29(13)17-12-15(9-10-16(17)20)21-18(30)8-5-11-28-24-19(23-26-28)14-6-3-2-4-7-14/h2-4,6-7,9-10,12H,5,8,11H2,1H3,(H,21,30). The first kappa shape index (κ1) is 19.3. The number of tetrazole rings is 2. The van der Waals surface area contributed by atoms with E-state index in [0.29, 0.717) is 30.3 Å². The first-order chi connectivity index (χ1) is 14.6. The quantitative estimate of drug-likeness (QED) is 0.499. The van der Waals surface area contributed by atoms with Crippen molar-refractivity contribution in [2.24, 2.45) is 0 Å². The van der Waals surface area contributed by atoms with Gasteiger partial charge in [-0.25, -0.2) is 4.39 Å². The highest BCUT2D eigenvalue weighted by Crippen LogP contribution is 2.19. The van der Waals surface area contributed by atoms with Crippen molar-refractivity contribution in [3.63, 3.8) is 0 Å². The van der Waals surface area contributed by atoms with Crippen molar-refractivity contribution in [2.45, 2.75) is 26.3 Å². The molecule has 2 aromatic heterocycles. The van der Waals surface area contributed by atoms with Gasteiger partial charge >= 0.3 is 0 Å². The van der Waals surface area contributed by atoms with Crippen LogP contribution in [0.2, 0.25) is 0 Å². The second-order valence-corrected chi connectivity index (χ2v) is 6.53. The van der Waals surface area contributed by atoms with Gasteiger partial charge < -0.3 is 5.32 Å². The lowest BCUT2D eigenvalue weighted by Crippen LogP contribution is -2.14. The van der Waals surface area contributed by atoms with E-state index in [1.54, 1.807) is 6.92 Å². The molecule has 0 aliphatic carbocycles. The zero-order valence-electron chi connectivity index (χ0n) is 16.1. The number of hydrogen-bond acceptors (Lipinski definition) is 7. The van der Waals surface area contributed by atoms with Gasteiger partial charge in [0.05, 0.1) is 6.54 Å². The molecule has 0 radical (unpaired) electrons. The summed E-state index contributed by atoms with van der Waals surface area (Å²) in [6, 6.07) is 13.8. The van der Waals surface area contributed by atoms with Gasteiger partial charge in [0.25, 0.3) is 0 Å². The summed E-state index contributed by atoms with van der Waals surface area (Å²) in [6.07, 6.45) is 0.773. The molecule has 30 heavy (non-hydrogen) atoms. The van der Waals surface area contributed by atoms with Gasteiger partial charge in [-0.1, -0.05) is 30.3 Å². The Hall–Kier alpha value is -4.02. The molecule has 0 bridgehead atoms. The van der Waals surface area contributed by atoms with E-state index in [4.69, 9.17) is 0 Å². The number of carbonyl (C=O) groups is 1. The van der Waals surface area contributed by atoms with E-state index in [1.165, 1.54) is 27.7 Å². The summed E-state index contributed by atoms with van der Waals surface area (Å²) in [6.45, 7) is 2.11. The monoisotopic (exact) mass is 407 g/mol. The molecule has 2 heterocycles. The predicted molar refractivity (Wildman–Crippen MR) is 105 cm³/mol. The normalized spacial score (nSPS) is 10.9. The maximum Gasteiger partial charge on any atom is 0.224 e. The molecule has 4 aromatic rings. The van der Waals surface area contributed by atoms with Crippen molar-refractivity contribution in [2.75, 3.05) is 5.32 Å². The molecule has 0 saturated carbocycles. The van der Waals surface area contributed by atoms with E-state index in [1.807, 2.05) is 30.3 Å². The largest absolute Gasteiger partial charge is 0.326 e. The first-order valence-electron chi connectivity index (χ1n) is 9.28. The first-order valence-corrected chi connectivity index (χ1v) is 9.28. The van der Waals surface area contributed by atoms with Gasteiger partial charge in [0.1, 0.15) is 11.5 Å². The molecule has 0 fully saturated rings. The number of benzene rings is 2. The lowest BCUT2D eigenvalue weighted by molar-refractivity contribution is -0.116. The lowest BCUT2D eigenvalue weighted by atomic mass is 10.2. The molecule has 4 rings (SSSR count). The third-order valence-corrected chi connectivity index (χ3v) is 4.33. The molecule has 2 aromatic carbocycles. The van der Waals surface area contributed by atoms with Gasteiger partial charge in [0, 0.05) is 17.7 Å². The number of nitrogens with zero attached hydrogens (tertiary/aromatic N) is 8. The number of amides is 1. The van der Waals surface area contributed by atoms with Gasteiger partial charge in [0.15, 0.2) is 5.82 Å². The fourth-order valence-electron chi connectivity index (χ4n) is 2.85. The Balaban J connectivity index is 1.33. The smallest absolute Gasteiger partial charge is 0.224 e. The fourth-order valence-corrected chi connectivity index (χ4v) is 2.85. The molecule has 0 spiro atoms. The Kier molecular flexibility index (Phi) is 5.50. The van der Waals surface area contributed by atoms with Crippen LogP contribution in [0.15, 0.2) is 48.5 Å². The second-order valence-electron chi connectivity index (χ2n) is 6.53. The second kappa shape index (κ2) is 8.55. The molecule has 10 nitrogen and oxygen atoms in total. The molecule has 1 N–H and O–H groups in total. The third kappa shape index (κ3) is 4.35. The summed E-state index contributed by atoms with van der Waals surface area (Å²) in [5.41, 5.74) is 1.50. The number of halogens is 1. The Labute approximate surface area is 170 Å². The molecule has 0 aliphatic rings. The maximum atomic E-state index is 14.1. The minimum atomic E-state index is -0.491. The highest BCUT2D eigenvalue weighted by molar-refractivity contribution is 5.90. The summed E-state index contributed by atoms with van der Waals surface area (Å²) in [5.74, 6) is 0.281. The summed E-state index contributed by atoms with van der Waals surface area (Å²) in [5, 5.41) is 26.1. The summed E-state index contributed by atoms with van der Waals surface area (Å²) < 4.78 is 15.4. The van der Waals surface area contributed by atoms with Crippen LogP contribution in [-0.4, -0.2) is 46.3 Å².